The zero-order valence-corrected chi connectivity index (χ0v) is 15.5. The number of halogens is 1. The lowest BCUT2D eigenvalue weighted by molar-refractivity contribution is 0.198. The molecule has 1 N–H and O–H groups in total. The van der Waals surface area contributed by atoms with Crippen LogP contribution in [0.15, 0.2) is 55.0 Å². The van der Waals surface area contributed by atoms with Gasteiger partial charge in [0.05, 0.1) is 11.2 Å². The van der Waals surface area contributed by atoms with Crippen LogP contribution in [0.1, 0.15) is 41.1 Å². The second-order valence-electron chi connectivity index (χ2n) is 7.01. The standard InChI is InChI=1S/C21H23ClN4/c22-20-13-23-9-8-17(20)14-26-10-4-7-18(15-26)21-19(12-24-25-21)11-16-5-2-1-3-6-16/h1-3,5-6,8-9,12-13,18H,4,7,10-11,14-15H2,(H,24,25). The lowest BCUT2D eigenvalue weighted by Gasteiger charge is -2.32. The van der Waals surface area contributed by atoms with Crippen LogP contribution in [0.4, 0.5) is 0 Å². The molecule has 0 spiro atoms. The third-order valence-electron chi connectivity index (χ3n) is 5.15. The molecule has 3 aromatic rings. The van der Waals surface area contributed by atoms with Crippen LogP contribution in [0.5, 0.6) is 0 Å². The Morgan fingerprint density at radius 3 is 2.85 bits per heavy atom. The Bertz CT molecular complexity index is 846. The van der Waals surface area contributed by atoms with E-state index in [9.17, 15) is 0 Å². The summed E-state index contributed by atoms with van der Waals surface area (Å²) < 4.78 is 0. The van der Waals surface area contributed by atoms with E-state index in [2.05, 4.69) is 50.4 Å². The Morgan fingerprint density at radius 2 is 2.00 bits per heavy atom. The number of nitrogens with zero attached hydrogens (tertiary/aromatic N) is 3. The van der Waals surface area contributed by atoms with Crippen LogP contribution in [0.2, 0.25) is 5.02 Å². The predicted molar refractivity (Wildman–Crippen MR) is 104 cm³/mol. The molecule has 5 heteroatoms. The molecule has 26 heavy (non-hydrogen) atoms. The normalized spacial score (nSPS) is 18.1. The molecule has 1 fully saturated rings. The van der Waals surface area contributed by atoms with Crippen LogP contribution < -0.4 is 0 Å². The van der Waals surface area contributed by atoms with E-state index in [-0.39, 0.29) is 0 Å². The molecule has 3 heterocycles. The molecule has 1 aliphatic rings. The van der Waals surface area contributed by atoms with Gasteiger partial charge in [-0.05, 0) is 42.1 Å². The topological polar surface area (TPSA) is 44.8 Å². The van der Waals surface area contributed by atoms with Gasteiger partial charge in [0.2, 0.25) is 0 Å². The first-order valence-electron chi connectivity index (χ1n) is 9.16. The number of hydrogen-bond donors (Lipinski definition) is 1. The van der Waals surface area contributed by atoms with Crippen molar-refractivity contribution >= 4 is 11.6 Å². The monoisotopic (exact) mass is 366 g/mol. The first kappa shape index (κ1) is 17.3. The van der Waals surface area contributed by atoms with Gasteiger partial charge < -0.3 is 0 Å². The van der Waals surface area contributed by atoms with Gasteiger partial charge in [-0.1, -0.05) is 41.9 Å². The highest BCUT2D eigenvalue weighted by Crippen LogP contribution is 2.30. The fraction of sp³-hybridized carbons (Fsp3) is 0.333. The van der Waals surface area contributed by atoms with E-state index in [0.717, 1.165) is 36.6 Å². The zero-order valence-electron chi connectivity index (χ0n) is 14.7. The van der Waals surface area contributed by atoms with Crippen molar-refractivity contribution in [3.8, 4) is 0 Å². The van der Waals surface area contributed by atoms with Crippen molar-refractivity contribution in [2.75, 3.05) is 13.1 Å². The molecule has 4 rings (SSSR count). The van der Waals surface area contributed by atoms with Crippen LogP contribution in [0, 0.1) is 0 Å². The Kier molecular flexibility index (Phi) is 5.32. The molecule has 1 aliphatic heterocycles. The minimum Gasteiger partial charge on any atom is -0.298 e. The van der Waals surface area contributed by atoms with E-state index in [4.69, 9.17) is 11.6 Å². The second-order valence-corrected chi connectivity index (χ2v) is 7.42. The van der Waals surface area contributed by atoms with Gasteiger partial charge in [-0.25, -0.2) is 0 Å². The van der Waals surface area contributed by atoms with Crippen LogP contribution in [0.25, 0.3) is 0 Å². The molecule has 0 bridgehead atoms. The van der Waals surface area contributed by atoms with Crippen molar-refractivity contribution in [2.45, 2.75) is 31.7 Å². The van der Waals surface area contributed by atoms with Gasteiger partial charge in [-0.3, -0.25) is 15.0 Å². The van der Waals surface area contributed by atoms with E-state index < -0.39 is 0 Å². The molecule has 1 atom stereocenters. The SMILES string of the molecule is Clc1cnccc1CN1CCCC(c2[nH]ncc2Cc2ccccc2)C1. The van der Waals surface area contributed by atoms with E-state index in [0.29, 0.717) is 5.92 Å². The molecule has 0 saturated carbocycles. The molecule has 0 radical (unpaired) electrons. The van der Waals surface area contributed by atoms with E-state index >= 15 is 0 Å². The number of piperidine rings is 1. The smallest absolute Gasteiger partial charge is 0.0634 e. The van der Waals surface area contributed by atoms with Gasteiger partial charge in [0.15, 0.2) is 0 Å². The van der Waals surface area contributed by atoms with Crippen LogP contribution >= 0.6 is 11.6 Å². The number of likely N-dealkylation sites (tertiary alicyclic amines) is 1. The lowest BCUT2D eigenvalue weighted by Crippen LogP contribution is -2.34. The molecule has 1 unspecified atom stereocenters. The minimum absolute atomic E-state index is 0.491. The second kappa shape index (κ2) is 8.02. The lowest BCUT2D eigenvalue weighted by atomic mass is 9.90. The maximum atomic E-state index is 6.29. The Hall–Kier alpha value is -2.17. The summed E-state index contributed by atoms with van der Waals surface area (Å²) in [4.78, 5) is 6.57. The van der Waals surface area contributed by atoms with Gasteiger partial charge in [0.1, 0.15) is 0 Å². The van der Waals surface area contributed by atoms with E-state index in [1.807, 2.05) is 18.5 Å². The Labute approximate surface area is 159 Å². The van der Waals surface area contributed by atoms with Gasteiger partial charge in [-0.2, -0.15) is 5.10 Å². The van der Waals surface area contributed by atoms with Crippen LogP contribution in [-0.4, -0.2) is 33.2 Å². The summed E-state index contributed by atoms with van der Waals surface area (Å²) in [5.41, 5.74) is 5.08. The maximum absolute atomic E-state index is 6.29. The molecular weight excluding hydrogens is 344 g/mol. The van der Waals surface area contributed by atoms with E-state index in [1.54, 1.807) is 6.20 Å². The molecule has 1 saturated heterocycles. The zero-order chi connectivity index (χ0) is 17.8. The Morgan fingerprint density at radius 1 is 1.12 bits per heavy atom. The summed E-state index contributed by atoms with van der Waals surface area (Å²) >= 11 is 6.29. The number of aromatic amines is 1. The largest absolute Gasteiger partial charge is 0.298 e. The van der Waals surface area contributed by atoms with Crippen molar-refractivity contribution in [3.05, 3.63) is 82.4 Å². The van der Waals surface area contributed by atoms with E-state index in [1.165, 1.54) is 29.7 Å². The number of aromatic nitrogens is 3. The molecule has 1 aromatic carbocycles. The van der Waals surface area contributed by atoms with Crippen LogP contribution in [-0.2, 0) is 13.0 Å². The molecular formula is C21H23ClN4. The van der Waals surface area contributed by atoms with Crippen LogP contribution in [0.3, 0.4) is 0 Å². The number of pyridine rings is 1. The van der Waals surface area contributed by atoms with Crippen molar-refractivity contribution in [3.63, 3.8) is 0 Å². The highest BCUT2D eigenvalue weighted by molar-refractivity contribution is 6.31. The number of hydrogen-bond acceptors (Lipinski definition) is 3. The molecule has 4 nitrogen and oxygen atoms in total. The number of rotatable bonds is 5. The van der Waals surface area contributed by atoms with Crippen molar-refractivity contribution in [1.29, 1.82) is 0 Å². The fourth-order valence-electron chi connectivity index (χ4n) is 3.84. The van der Waals surface area contributed by atoms with Gasteiger partial charge in [0, 0.05) is 43.5 Å². The highest BCUT2D eigenvalue weighted by atomic mass is 35.5. The van der Waals surface area contributed by atoms with Crippen molar-refractivity contribution < 1.29 is 0 Å². The summed E-state index contributed by atoms with van der Waals surface area (Å²) in [6.45, 7) is 3.01. The van der Waals surface area contributed by atoms with Crippen molar-refractivity contribution in [1.82, 2.24) is 20.1 Å². The summed E-state index contributed by atoms with van der Waals surface area (Å²) in [6, 6.07) is 12.6. The first-order chi connectivity index (χ1) is 12.8. The molecule has 2 aromatic heterocycles. The number of nitrogens with one attached hydrogen (secondary N) is 1. The third kappa shape index (κ3) is 3.97. The summed E-state index contributed by atoms with van der Waals surface area (Å²) in [5, 5.41) is 8.37. The molecule has 0 aliphatic carbocycles. The molecule has 134 valence electrons. The average Bonchev–Trinajstić information content (AvgIpc) is 3.13. The molecule has 0 amide bonds. The summed E-state index contributed by atoms with van der Waals surface area (Å²) in [5.74, 6) is 0.491. The average molecular weight is 367 g/mol. The minimum atomic E-state index is 0.491. The Balaban J connectivity index is 1.47. The number of benzene rings is 1. The first-order valence-corrected chi connectivity index (χ1v) is 9.54. The maximum Gasteiger partial charge on any atom is 0.0634 e. The predicted octanol–water partition coefficient (Wildman–Crippen LogP) is 4.43. The number of H-pyrrole nitrogens is 1. The van der Waals surface area contributed by atoms with Gasteiger partial charge >= 0.3 is 0 Å². The highest BCUT2D eigenvalue weighted by Gasteiger charge is 2.25. The quantitative estimate of drug-likeness (QED) is 0.726. The van der Waals surface area contributed by atoms with Crippen molar-refractivity contribution in [2.24, 2.45) is 0 Å². The summed E-state index contributed by atoms with van der Waals surface area (Å²) in [6.07, 6.45) is 8.85. The van der Waals surface area contributed by atoms with Gasteiger partial charge in [-0.15, -0.1) is 0 Å². The van der Waals surface area contributed by atoms with Gasteiger partial charge in [0.25, 0.3) is 0 Å². The summed E-state index contributed by atoms with van der Waals surface area (Å²) in [7, 11) is 0. The third-order valence-corrected chi connectivity index (χ3v) is 5.49. The fourth-order valence-corrected chi connectivity index (χ4v) is 4.02.